The van der Waals surface area contributed by atoms with Crippen LogP contribution in [0.1, 0.15) is 39.7 Å². The Morgan fingerprint density at radius 2 is 1.31 bits per heavy atom. The fourth-order valence-corrected chi connectivity index (χ4v) is 11.0. The summed E-state index contributed by atoms with van der Waals surface area (Å²) in [6.07, 6.45) is 22.4. The highest BCUT2D eigenvalue weighted by Gasteiger charge is 2.34. The van der Waals surface area contributed by atoms with Gasteiger partial charge in [-0.3, -0.25) is 0 Å². The molecule has 0 saturated carbocycles. The standard InChI is InChI=1S/C55H35N4/c1-2-11-35-27-48-44-21-20-39(42-14-7-15-43(53(42)44)47(48)26-34(35)10-1)36-24-37(58-51-22-23-56-29-49(51)45-18-16-32-8-3-5-12-40(32)54(45)58)28-38(25-36)59-52-31-57-30-50(52)46-19-17-33-9-4-6-13-41(33)55(46)59/h1-28,30-32,40,56H,29H2/q+1. The van der Waals surface area contributed by atoms with Crippen molar-refractivity contribution in [1.29, 1.82) is 0 Å². The highest BCUT2D eigenvalue weighted by molar-refractivity contribution is 6.21. The van der Waals surface area contributed by atoms with Crippen molar-refractivity contribution in [3.63, 3.8) is 0 Å². The molecule has 1 N–H and O–H groups in total. The molecule has 2 atom stereocenters. The maximum absolute atomic E-state index is 4.73. The Bertz CT molecular complexity index is 3560. The van der Waals surface area contributed by atoms with Crippen molar-refractivity contribution in [1.82, 2.24) is 19.1 Å². The first-order valence-corrected chi connectivity index (χ1v) is 20.7. The van der Waals surface area contributed by atoms with Gasteiger partial charge in [0.2, 0.25) is 0 Å². The number of rotatable bonds is 3. The van der Waals surface area contributed by atoms with E-state index >= 15 is 0 Å². The Balaban J connectivity index is 1.09. The van der Waals surface area contributed by atoms with Gasteiger partial charge in [-0.25, -0.2) is 0 Å². The van der Waals surface area contributed by atoms with Gasteiger partial charge in [-0.05, 0) is 103 Å². The van der Waals surface area contributed by atoms with E-state index in [1.165, 1.54) is 105 Å². The van der Waals surface area contributed by atoms with Crippen LogP contribution in [0.15, 0.2) is 158 Å². The summed E-state index contributed by atoms with van der Waals surface area (Å²) in [6.45, 7) is 0.799. The molecule has 9 aromatic rings. The number of aromatic nitrogens is 2. The average molecular weight is 752 g/mol. The number of allylic oxidation sites excluding steroid dienone is 5. The average Bonchev–Trinajstić information content (AvgIpc) is 4.06. The molecule has 0 spiro atoms. The predicted octanol–water partition coefficient (Wildman–Crippen LogP) is 12.0. The third-order valence-electron chi connectivity index (χ3n) is 13.6. The van der Waals surface area contributed by atoms with Crippen LogP contribution in [0.2, 0.25) is 0 Å². The van der Waals surface area contributed by atoms with Crippen LogP contribution >= 0.6 is 0 Å². The molecule has 0 saturated heterocycles. The van der Waals surface area contributed by atoms with Gasteiger partial charge in [-0.15, -0.1) is 0 Å². The van der Waals surface area contributed by atoms with Gasteiger partial charge >= 0.3 is 12.4 Å². The molecule has 7 aromatic carbocycles. The van der Waals surface area contributed by atoms with Crippen LogP contribution in [0.25, 0.3) is 100 Å². The van der Waals surface area contributed by atoms with Gasteiger partial charge in [0.1, 0.15) is 5.69 Å². The molecule has 0 fully saturated rings. The van der Waals surface area contributed by atoms with Gasteiger partial charge in [0.15, 0.2) is 0 Å². The van der Waals surface area contributed by atoms with Gasteiger partial charge in [0.05, 0.1) is 16.8 Å². The van der Waals surface area contributed by atoms with Gasteiger partial charge in [0.25, 0.3) is 0 Å². The molecule has 14 rings (SSSR count). The molecule has 4 heteroatoms. The van der Waals surface area contributed by atoms with E-state index in [2.05, 4.69) is 185 Å². The first-order valence-electron chi connectivity index (χ1n) is 20.7. The summed E-state index contributed by atoms with van der Waals surface area (Å²) in [4.78, 5) is 0. The fourth-order valence-electron chi connectivity index (χ4n) is 11.0. The Morgan fingerprint density at radius 3 is 2.19 bits per heavy atom. The number of benzene rings is 7. The first-order chi connectivity index (χ1) is 29.3. The Hall–Kier alpha value is -7.65. The maximum atomic E-state index is 4.73. The van der Waals surface area contributed by atoms with E-state index in [0.29, 0.717) is 5.92 Å². The summed E-state index contributed by atoms with van der Waals surface area (Å²) >= 11 is 0. The summed E-state index contributed by atoms with van der Waals surface area (Å²) < 4.78 is 9.78. The first kappa shape index (κ1) is 31.4. The predicted molar refractivity (Wildman–Crippen MR) is 247 cm³/mol. The largest absolute Gasteiger partial charge is 0.387 e. The van der Waals surface area contributed by atoms with Crippen LogP contribution in [0.5, 0.6) is 0 Å². The summed E-state index contributed by atoms with van der Waals surface area (Å²) in [6, 6.07) is 45.7. The normalized spacial score (nSPS) is 17.2. The lowest BCUT2D eigenvalue weighted by Gasteiger charge is -2.28. The fraction of sp³-hybridized carbons (Fsp3) is 0.0545. The number of nitrogens with one attached hydrogen (secondary N) is 1. The molecule has 0 bridgehead atoms. The van der Waals surface area contributed by atoms with Gasteiger partial charge in [-0.1, -0.05) is 132 Å². The molecule has 2 aliphatic heterocycles. The molecule has 0 radical (unpaired) electrons. The third kappa shape index (κ3) is 4.20. The Morgan fingerprint density at radius 1 is 0.542 bits per heavy atom. The minimum absolute atomic E-state index is 0.235. The monoisotopic (exact) mass is 751 g/mol. The van der Waals surface area contributed by atoms with E-state index < -0.39 is 0 Å². The van der Waals surface area contributed by atoms with Crippen LogP contribution in [-0.4, -0.2) is 21.6 Å². The maximum Gasteiger partial charge on any atom is 0.317 e. The smallest absolute Gasteiger partial charge is 0.317 e. The highest BCUT2D eigenvalue weighted by Crippen LogP contribution is 2.51. The minimum atomic E-state index is 0.235. The molecule has 0 amide bonds. The van der Waals surface area contributed by atoms with Crippen LogP contribution in [0.3, 0.4) is 0 Å². The highest BCUT2D eigenvalue weighted by atomic mass is 15.1. The molecule has 59 heavy (non-hydrogen) atoms. The zero-order valence-electron chi connectivity index (χ0n) is 32.0. The number of hydrogen-bond donors (Lipinski definition) is 1. The Kier molecular flexibility index (Phi) is 6.12. The van der Waals surface area contributed by atoms with Crippen molar-refractivity contribution in [3.8, 4) is 44.8 Å². The zero-order chi connectivity index (χ0) is 38.3. The summed E-state index contributed by atoms with van der Waals surface area (Å²) in [5.74, 6) is 0.547. The quantitative estimate of drug-likeness (QED) is 0.179. The van der Waals surface area contributed by atoms with Crippen molar-refractivity contribution >= 4 is 67.8 Å². The topological polar surface area (TPSA) is 36.0 Å². The third-order valence-corrected chi connectivity index (χ3v) is 13.6. The van der Waals surface area contributed by atoms with Crippen molar-refractivity contribution in [3.05, 3.63) is 192 Å². The van der Waals surface area contributed by atoms with Crippen molar-refractivity contribution in [2.24, 2.45) is 5.92 Å². The lowest BCUT2D eigenvalue weighted by atomic mass is 9.80. The molecule has 5 aliphatic rings. The Labute approximate surface area is 340 Å². The van der Waals surface area contributed by atoms with E-state index in [0.717, 1.165) is 23.6 Å². The number of hydrogen-bond acceptors (Lipinski definition) is 1. The van der Waals surface area contributed by atoms with Crippen LogP contribution in [-0.2, 0) is 6.54 Å². The molecular formula is C55H35N4+. The lowest BCUT2D eigenvalue weighted by molar-refractivity contribution is 0.657. The second-order valence-electron chi connectivity index (χ2n) is 16.5. The van der Waals surface area contributed by atoms with Crippen molar-refractivity contribution in [2.45, 2.75) is 12.5 Å². The van der Waals surface area contributed by atoms with Gasteiger partial charge < -0.3 is 14.5 Å². The van der Waals surface area contributed by atoms with Gasteiger partial charge in [0, 0.05) is 57.3 Å². The van der Waals surface area contributed by atoms with Crippen LogP contribution in [0, 0.1) is 5.92 Å². The zero-order valence-corrected chi connectivity index (χ0v) is 32.0. The van der Waals surface area contributed by atoms with E-state index in [4.69, 9.17) is 4.67 Å². The van der Waals surface area contributed by atoms with Gasteiger partial charge in [-0.2, -0.15) is 0 Å². The molecular weight excluding hydrogens is 717 g/mol. The van der Waals surface area contributed by atoms with Crippen molar-refractivity contribution in [2.75, 3.05) is 0 Å². The summed E-state index contributed by atoms with van der Waals surface area (Å²) in [7, 11) is 0. The van der Waals surface area contributed by atoms with E-state index in [1.807, 2.05) is 12.4 Å². The molecule has 4 nitrogen and oxygen atoms in total. The van der Waals surface area contributed by atoms with E-state index in [9.17, 15) is 0 Å². The molecule has 4 heterocycles. The second kappa shape index (κ2) is 11.5. The van der Waals surface area contributed by atoms with E-state index in [1.54, 1.807) is 0 Å². The molecule has 2 aromatic heterocycles. The number of fused-ring (bicyclic) bond motifs is 14. The summed E-state index contributed by atoms with van der Waals surface area (Å²) in [5, 5.41) is 12.4. The minimum Gasteiger partial charge on any atom is -0.387 e. The lowest BCUT2D eigenvalue weighted by Crippen LogP contribution is -2.17. The molecule has 274 valence electrons. The van der Waals surface area contributed by atoms with Crippen molar-refractivity contribution < 1.29 is 0 Å². The van der Waals surface area contributed by atoms with E-state index in [-0.39, 0.29) is 5.92 Å². The summed E-state index contributed by atoms with van der Waals surface area (Å²) in [5.41, 5.74) is 18.7. The second-order valence-corrected chi connectivity index (χ2v) is 16.5. The molecule has 2 unspecified atom stereocenters. The van der Waals surface area contributed by atoms with Crippen LogP contribution in [0.4, 0.5) is 0 Å². The SMILES string of the molecule is C1=CC2C=Cc3c4c(n(-c5cc(-c6ccc7c8c(cccc68)-c6cc8ccccc8cc6-7)cc(-n6c7c(c8ccc9ccccc9c86)C=[N+]=C7)c5)c3C2C=C1)C=CNC4. The number of nitrogens with zero attached hydrogens (tertiary/aromatic N) is 3. The van der Waals surface area contributed by atoms with Crippen LogP contribution < -0.4 is 9.98 Å². The molecule has 3 aliphatic carbocycles.